The predicted octanol–water partition coefficient (Wildman–Crippen LogP) is 16.3. The molecular weight excluding hydrogens is 717 g/mol. The Morgan fingerprint density at radius 1 is 0.397 bits per heavy atom. The molecule has 5 heteroatoms. The van der Waals surface area contributed by atoms with Gasteiger partial charge >= 0.3 is 11.9 Å². The van der Waals surface area contributed by atoms with Crippen molar-refractivity contribution in [2.24, 2.45) is 0 Å². The maximum Gasteiger partial charge on any atom is 0.306 e. The van der Waals surface area contributed by atoms with Crippen LogP contribution in [-0.4, -0.2) is 37.9 Å². The average Bonchev–Trinajstić information content (AvgIpc) is 3.22. The number of ether oxygens (including phenoxy) is 3. The molecule has 0 aliphatic carbocycles. The number of rotatable bonds is 44. The number of carbonyl (C=O) groups excluding carboxylic acids is 2. The van der Waals surface area contributed by atoms with Gasteiger partial charge in [0.1, 0.15) is 6.61 Å². The van der Waals surface area contributed by atoms with Crippen LogP contribution in [-0.2, 0) is 23.8 Å². The van der Waals surface area contributed by atoms with Gasteiger partial charge in [-0.15, -0.1) is 0 Å². The van der Waals surface area contributed by atoms with Crippen molar-refractivity contribution < 1.29 is 23.8 Å². The van der Waals surface area contributed by atoms with E-state index in [0.717, 1.165) is 89.9 Å². The minimum Gasteiger partial charge on any atom is -0.462 e. The molecule has 1 unspecified atom stereocenters. The molecular formula is C53H92O5. The van der Waals surface area contributed by atoms with Crippen molar-refractivity contribution in [1.82, 2.24) is 0 Å². The maximum absolute atomic E-state index is 12.7. The molecule has 334 valence electrons. The Morgan fingerprint density at radius 2 is 0.776 bits per heavy atom. The van der Waals surface area contributed by atoms with Gasteiger partial charge in [0.2, 0.25) is 0 Å². The molecule has 0 N–H and O–H groups in total. The molecule has 0 saturated carbocycles. The zero-order valence-corrected chi connectivity index (χ0v) is 38.3. The summed E-state index contributed by atoms with van der Waals surface area (Å²) < 4.78 is 17.3. The first kappa shape index (κ1) is 55.3. The van der Waals surface area contributed by atoms with Crippen LogP contribution in [0.15, 0.2) is 72.9 Å². The molecule has 0 radical (unpaired) electrons. The van der Waals surface area contributed by atoms with Crippen molar-refractivity contribution in [2.75, 3.05) is 19.8 Å². The second kappa shape index (κ2) is 48.7. The molecule has 0 bridgehead atoms. The Kier molecular flexibility index (Phi) is 46.5. The van der Waals surface area contributed by atoms with E-state index >= 15 is 0 Å². The molecule has 0 heterocycles. The van der Waals surface area contributed by atoms with Gasteiger partial charge in [-0.05, 0) is 83.5 Å². The first-order valence-corrected chi connectivity index (χ1v) is 24.5. The van der Waals surface area contributed by atoms with E-state index in [1.807, 2.05) is 0 Å². The van der Waals surface area contributed by atoms with E-state index in [4.69, 9.17) is 14.2 Å². The number of hydrogen-bond donors (Lipinski definition) is 0. The molecule has 0 rings (SSSR count). The zero-order valence-electron chi connectivity index (χ0n) is 38.3. The Bertz CT molecular complexity index is 1050. The standard InChI is InChI=1S/C53H92O5/c1-4-7-10-13-16-19-21-23-25-26-27-29-31-33-36-39-42-45-48-56-49-51(58-53(55)47-44-41-38-34-18-15-12-9-6-3)50-57-52(54)46-43-40-37-35-32-30-28-24-22-20-17-14-11-8-5-2/h7-8,10-11,16-17,19-20,23-25,28,51H,4-6,9,12-15,18,21-22,26-27,29-50H2,1-3H3/b10-7-,11-8-,19-16-,20-17-,25-23-,28-24-. The lowest BCUT2D eigenvalue weighted by atomic mass is 10.1. The molecule has 5 nitrogen and oxygen atoms in total. The van der Waals surface area contributed by atoms with E-state index in [0.29, 0.717) is 19.4 Å². The second-order valence-electron chi connectivity index (χ2n) is 16.0. The Balaban J connectivity index is 4.23. The fourth-order valence-electron chi connectivity index (χ4n) is 6.66. The molecule has 0 aromatic carbocycles. The van der Waals surface area contributed by atoms with E-state index in [-0.39, 0.29) is 25.2 Å². The summed E-state index contributed by atoms with van der Waals surface area (Å²) in [5, 5.41) is 0. The second-order valence-corrected chi connectivity index (χ2v) is 16.0. The number of esters is 2. The van der Waals surface area contributed by atoms with Crippen LogP contribution in [0.4, 0.5) is 0 Å². The third-order valence-corrected chi connectivity index (χ3v) is 10.2. The minimum absolute atomic E-state index is 0.0725. The molecule has 0 aromatic rings. The highest BCUT2D eigenvalue weighted by Gasteiger charge is 2.17. The molecule has 0 aliphatic rings. The fourth-order valence-corrected chi connectivity index (χ4v) is 6.66. The maximum atomic E-state index is 12.7. The van der Waals surface area contributed by atoms with E-state index in [1.54, 1.807) is 0 Å². The highest BCUT2D eigenvalue weighted by Crippen LogP contribution is 2.14. The summed E-state index contributed by atoms with van der Waals surface area (Å²) in [6, 6.07) is 0. The molecule has 0 fully saturated rings. The third kappa shape index (κ3) is 46.0. The van der Waals surface area contributed by atoms with Crippen LogP contribution >= 0.6 is 0 Å². The van der Waals surface area contributed by atoms with Crippen LogP contribution in [0.1, 0.15) is 226 Å². The molecule has 0 saturated heterocycles. The summed E-state index contributed by atoms with van der Waals surface area (Å²) in [5.41, 5.74) is 0. The van der Waals surface area contributed by atoms with Gasteiger partial charge in [0.25, 0.3) is 0 Å². The van der Waals surface area contributed by atoms with Gasteiger partial charge in [0.15, 0.2) is 6.10 Å². The summed E-state index contributed by atoms with van der Waals surface area (Å²) in [7, 11) is 0. The lowest BCUT2D eigenvalue weighted by Gasteiger charge is -2.18. The van der Waals surface area contributed by atoms with E-state index < -0.39 is 6.10 Å². The Labute approximate surface area is 359 Å². The van der Waals surface area contributed by atoms with E-state index in [9.17, 15) is 9.59 Å². The van der Waals surface area contributed by atoms with Crippen LogP contribution in [0, 0.1) is 0 Å². The molecule has 0 aliphatic heterocycles. The molecule has 58 heavy (non-hydrogen) atoms. The van der Waals surface area contributed by atoms with Gasteiger partial charge in [0, 0.05) is 19.4 Å². The van der Waals surface area contributed by atoms with Crippen LogP contribution in [0.25, 0.3) is 0 Å². The monoisotopic (exact) mass is 809 g/mol. The van der Waals surface area contributed by atoms with Gasteiger partial charge < -0.3 is 14.2 Å². The van der Waals surface area contributed by atoms with Crippen LogP contribution < -0.4 is 0 Å². The predicted molar refractivity (Wildman–Crippen MR) is 251 cm³/mol. The summed E-state index contributed by atoms with van der Waals surface area (Å²) in [5.74, 6) is -0.422. The normalized spacial score (nSPS) is 12.8. The molecule has 0 spiro atoms. The molecule has 0 aromatic heterocycles. The van der Waals surface area contributed by atoms with Crippen molar-refractivity contribution >= 4 is 11.9 Å². The first-order chi connectivity index (χ1) is 28.6. The van der Waals surface area contributed by atoms with Crippen molar-refractivity contribution in [1.29, 1.82) is 0 Å². The van der Waals surface area contributed by atoms with Crippen molar-refractivity contribution in [3.63, 3.8) is 0 Å². The average molecular weight is 809 g/mol. The first-order valence-electron chi connectivity index (χ1n) is 24.5. The van der Waals surface area contributed by atoms with Gasteiger partial charge in [-0.25, -0.2) is 0 Å². The zero-order chi connectivity index (χ0) is 42.1. The van der Waals surface area contributed by atoms with Crippen LogP contribution in [0.3, 0.4) is 0 Å². The highest BCUT2D eigenvalue weighted by molar-refractivity contribution is 5.70. The fraction of sp³-hybridized carbons (Fsp3) is 0.736. The van der Waals surface area contributed by atoms with E-state index in [1.165, 1.54) is 103 Å². The van der Waals surface area contributed by atoms with Gasteiger partial charge in [0.05, 0.1) is 6.61 Å². The van der Waals surface area contributed by atoms with Crippen molar-refractivity contribution in [2.45, 2.75) is 232 Å². The Hall–Kier alpha value is -2.66. The highest BCUT2D eigenvalue weighted by atomic mass is 16.6. The summed E-state index contributed by atoms with van der Waals surface area (Å²) >= 11 is 0. The summed E-state index contributed by atoms with van der Waals surface area (Å²) in [4.78, 5) is 25.3. The minimum atomic E-state index is -0.546. The van der Waals surface area contributed by atoms with Crippen LogP contribution in [0.2, 0.25) is 0 Å². The number of allylic oxidation sites excluding steroid dienone is 12. The number of unbranched alkanes of at least 4 members (excludes halogenated alkanes) is 21. The Morgan fingerprint density at radius 3 is 1.24 bits per heavy atom. The van der Waals surface area contributed by atoms with Crippen LogP contribution in [0.5, 0.6) is 0 Å². The molecule has 0 amide bonds. The topological polar surface area (TPSA) is 61.8 Å². The lowest BCUT2D eigenvalue weighted by Crippen LogP contribution is -2.30. The van der Waals surface area contributed by atoms with Gasteiger partial charge in [-0.3, -0.25) is 9.59 Å². The molecule has 1 atom stereocenters. The lowest BCUT2D eigenvalue weighted by molar-refractivity contribution is -0.163. The SMILES string of the molecule is CC/C=C\C/C=C\C/C=C\CCCCCCCCCCOCC(COC(=O)CCCCCCC/C=C\C/C=C\C/C=C\CC)OC(=O)CCCCCCCCCCC. The van der Waals surface area contributed by atoms with E-state index in [2.05, 4.69) is 93.7 Å². The number of hydrogen-bond acceptors (Lipinski definition) is 5. The summed E-state index contributed by atoms with van der Waals surface area (Å²) in [6.45, 7) is 7.56. The largest absolute Gasteiger partial charge is 0.462 e. The van der Waals surface area contributed by atoms with Gasteiger partial charge in [-0.2, -0.15) is 0 Å². The third-order valence-electron chi connectivity index (χ3n) is 10.2. The van der Waals surface area contributed by atoms with Gasteiger partial charge in [-0.1, -0.05) is 203 Å². The quantitative estimate of drug-likeness (QED) is 0.0348. The van der Waals surface area contributed by atoms with Crippen molar-refractivity contribution in [3.05, 3.63) is 72.9 Å². The smallest absolute Gasteiger partial charge is 0.306 e. The van der Waals surface area contributed by atoms with Crippen molar-refractivity contribution in [3.8, 4) is 0 Å². The summed E-state index contributed by atoms with van der Waals surface area (Å²) in [6.07, 6.45) is 61.9. The number of carbonyl (C=O) groups is 2.